The molecule has 6 rings (SSSR count). The van der Waals surface area contributed by atoms with E-state index in [0.717, 1.165) is 64.2 Å². The second kappa shape index (κ2) is 15.8. The van der Waals surface area contributed by atoms with E-state index in [0.29, 0.717) is 37.0 Å². The number of ether oxygens (including phenoxy) is 1. The summed E-state index contributed by atoms with van der Waals surface area (Å²) in [5.41, 5.74) is 8.16. The van der Waals surface area contributed by atoms with E-state index in [1.165, 1.54) is 11.3 Å². The van der Waals surface area contributed by atoms with E-state index < -0.39 is 41.2 Å². The summed E-state index contributed by atoms with van der Waals surface area (Å²) in [6.45, 7) is 5.49. The molecule has 0 bridgehead atoms. The maximum absolute atomic E-state index is 14.4. The Kier molecular flexibility index (Phi) is 11.6. The zero-order valence-electron chi connectivity index (χ0n) is 30.5. The number of carbonyl (C=O) groups excluding carboxylic acids is 3. The number of amides is 3. The predicted molar refractivity (Wildman–Crippen MR) is 187 cm³/mol. The Hall–Kier alpha value is -3.25. The second-order valence-corrected chi connectivity index (χ2v) is 16.9. The van der Waals surface area contributed by atoms with Crippen LogP contribution in [0.15, 0.2) is 12.2 Å². The molecular formula is C37H58N8O6. The summed E-state index contributed by atoms with van der Waals surface area (Å²) >= 11 is 0. The number of nitriles is 1. The number of allylic oxidation sites excluding steroid dienone is 1. The first kappa shape index (κ1) is 37.5. The van der Waals surface area contributed by atoms with Crippen molar-refractivity contribution in [3.63, 3.8) is 0 Å². The van der Waals surface area contributed by atoms with Crippen LogP contribution in [0.3, 0.4) is 0 Å². The van der Waals surface area contributed by atoms with E-state index in [4.69, 9.17) is 4.74 Å². The molecule has 6 aliphatic rings. The molecule has 0 radical (unpaired) electrons. The highest BCUT2D eigenvalue weighted by Crippen LogP contribution is 2.46. The van der Waals surface area contributed by atoms with Crippen LogP contribution >= 0.6 is 0 Å². The van der Waals surface area contributed by atoms with Gasteiger partial charge in [-0.3, -0.25) is 9.59 Å². The Morgan fingerprint density at radius 1 is 1.00 bits per heavy atom. The first-order chi connectivity index (χ1) is 24.4. The normalized spacial score (nSPS) is 38.9. The van der Waals surface area contributed by atoms with Crippen LogP contribution in [0, 0.1) is 40.9 Å². The molecule has 0 aromatic heterocycles. The minimum absolute atomic E-state index is 0.0262. The molecule has 3 aliphatic heterocycles. The molecule has 3 amide bonds. The number of rotatable bonds is 5. The zero-order chi connectivity index (χ0) is 36.3. The highest BCUT2D eigenvalue weighted by Gasteiger charge is 2.61. The average Bonchev–Trinajstić information content (AvgIpc) is 3.40. The van der Waals surface area contributed by atoms with E-state index in [2.05, 4.69) is 33.1 Å². The molecule has 14 nitrogen and oxygen atoms in total. The SMILES string of the molecule is CC(C)(C)OC(=O)N[C@H]1CCCCC/C=C\[C@@H]2C[C@@]2(C(=O)O)NC(=O)[C@@H]2C[C@@H](N3NNC(C4CCCC(C5CCC(C#N)CC5)C4)N3)CN2C1=O. The van der Waals surface area contributed by atoms with Crippen LogP contribution in [0.2, 0.25) is 0 Å². The highest BCUT2D eigenvalue weighted by atomic mass is 16.6. The molecule has 6 N–H and O–H groups in total. The van der Waals surface area contributed by atoms with Crippen LogP contribution < -0.4 is 27.0 Å². The van der Waals surface area contributed by atoms with E-state index in [-0.39, 0.29) is 42.9 Å². The van der Waals surface area contributed by atoms with Gasteiger partial charge in [-0.15, -0.1) is 0 Å². The summed E-state index contributed by atoms with van der Waals surface area (Å²) in [5, 5.41) is 27.0. The van der Waals surface area contributed by atoms with Crippen LogP contribution in [-0.4, -0.2) is 81.0 Å². The van der Waals surface area contributed by atoms with Crippen molar-refractivity contribution in [1.82, 2.24) is 37.0 Å². The molecule has 2 saturated heterocycles. The summed E-state index contributed by atoms with van der Waals surface area (Å²) in [5.74, 6) is -0.353. The number of nitrogens with zero attached hydrogens (tertiary/aromatic N) is 3. The van der Waals surface area contributed by atoms with Gasteiger partial charge in [0.1, 0.15) is 23.2 Å². The average molecular weight is 711 g/mol. The van der Waals surface area contributed by atoms with E-state index >= 15 is 0 Å². The van der Waals surface area contributed by atoms with Crippen molar-refractivity contribution in [3.05, 3.63) is 12.2 Å². The van der Waals surface area contributed by atoms with Gasteiger partial charge in [0.15, 0.2) is 0 Å². The minimum atomic E-state index is -1.39. The van der Waals surface area contributed by atoms with Crippen LogP contribution in [0.1, 0.15) is 117 Å². The maximum Gasteiger partial charge on any atom is 0.408 e. The van der Waals surface area contributed by atoms with Crippen molar-refractivity contribution in [2.75, 3.05) is 6.54 Å². The van der Waals surface area contributed by atoms with Crippen molar-refractivity contribution in [2.24, 2.45) is 29.6 Å². The fourth-order valence-corrected chi connectivity index (χ4v) is 9.21. The first-order valence-corrected chi connectivity index (χ1v) is 19.3. The Morgan fingerprint density at radius 2 is 1.76 bits per heavy atom. The lowest BCUT2D eigenvalue weighted by Crippen LogP contribution is -2.56. The van der Waals surface area contributed by atoms with Gasteiger partial charge in [0, 0.05) is 18.4 Å². The van der Waals surface area contributed by atoms with Gasteiger partial charge in [-0.05, 0) is 109 Å². The van der Waals surface area contributed by atoms with Crippen LogP contribution in [0.25, 0.3) is 0 Å². The summed E-state index contributed by atoms with van der Waals surface area (Å²) in [7, 11) is 0. The first-order valence-electron chi connectivity index (χ1n) is 19.3. The third-order valence-corrected chi connectivity index (χ3v) is 12.2. The van der Waals surface area contributed by atoms with Crippen molar-refractivity contribution in [3.8, 4) is 6.07 Å². The molecule has 0 aromatic carbocycles. The summed E-state index contributed by atoms with van der Waals surface area (Å²) in [4.78, 5) is 55.3. The quantitative estimate of drug-likeness (QED) is 0.229. The highest BCUT2D eigenvalue weighted by molar-refractivity contribution is 5.96. The Labute approximate surface area is 301 Å². The number of aliphatic carboxylic acids is 1. The molecule has 282 valence electrons. The number of alkyl carbamates (subject to hydrolysis) is 1. The summed E-state index contributed by atoms with van der Waals surface area (Å²) in [6.07, 6.45) is 16.2. The molecule has 8 atom stereocenters. The molecule has 51 heavy (non-hydrogen) atoms. The number of fused-ring (bicyclic) bond motifs is 2. The number of nitrogens with one attached hydrogen (secondary N) is 5. The minimum Gasteiger partial charge on any atom is -0.479 e. The van der Waals surface area contributed by atoms with Gasteiger partial charge in [0.2, 0.25) is 11.8 Å². The third-order valence-electron chi connectivity index (χ3n) is 12.2. The number of carboxylic acid groups (broad SMARTS) is 1. The summed E-state index contributed by atoms with van der Waals surface area (Å²) in [6, 6.07) is 0.323. The zero-order valence-corrected chi connectivity index (χ0v) is 30.5. The van der Waals surface area contributed by atoms with Crippen molar-refractivity contribution < 1.29 is 29.0 Å². The van der Waals surface area contributed by atoms with E-state index in [1.807, 2.05) is 17.3 Å². The number of hydrogen-bond donors (Lipinski definition) is 6. The molecule has 0 aromatic rings. The molecule has 3 unspecified atom stereocenters. The van der Waals surface area contributed by atoms with Crippen LogP contribution in [0.5, 0.6) is 0 Å². The van der Waals surface area contributed by atoms with Crippen LogP contribution in [0.4, 0.5) is 4.79 Å². The van der Waals surface area contributed by atoms with Gasteiger partial charge in [-0.1, -0.05) is 37.8 Å². The van der Waals surface area contributed by atoms with E-state index in [1.54, 1.807) is 20.8 Å². The van der Waals surface area contributed by atoms with Crippen molar-refractivity contribution >= 4 is 23.9 Å². The Balaban J connectivity index is 1.17. The molecule has 0 spiro atoms. The van der Waals surface area contributed by atoms with Crippen molar-refractivity contribution in [1.29, 1.82) is 5.26 Å². The van der Waals surface area contributed by atoms with Crippen LogP contribution in [-0.2, 0) is 19.1 Å². The number of hydrazine groups is 3. The predicted octanol–water partition coefficient (Wildman–Crippen LogP) is 3.62. The van der Waals surface area contributed by atoms with Gasteiger partial charge in [-0.25, -0.2) is 20.4 Å². The topological polar surface area (TPSA) is 188 Å². The Morgan fingerprint density at radius 3 is 2.49 bits per heavy atom. The maximum atomic E-state index is 14.4. The van der Waals surface area contributed by atoms with Gasteiger partial charge < -0.3 is 25.4 Å². The molecule has 3 saturated carbocycles. The smallest absolute Gasteiger partial charge is 0.408 e. The second-order valence-electron chi connectivity index (χ2n) is 16.9. The fourth-order valence-electron chi connectivity index (χ4n) is 9.21. The molecule has 3 aliphatic carbocycles. The monoisotopic (exact) mass is 710 g/mol. The third kappa shape index (κ3) is 8.87. The number of carboxylic acids is 1. The lowest BCUT2D eigenvalue weighted by molar-refractivity contribution is -0.145. The largest absolute Gasteiger partial charge is 0.479 e. The van der Waals surface area contributed by atoms with E-state index in [9.17, 15) is 29.5 Å². The van der Waals surface area contributed by atoms with Gasteiger partial charge in [0.05, 0.1) is 18.3 Å². The molecule has 5 fully saturated rings. The molecule has 14 heteroatoms. The molecular weight excluding hydrogens is 652 g/mol. The summed E-state index contributed by atoms with van der Waals surface area (Å²) < 4.78 is 5.51. The number of carbonyl (C=O) groups is 4. The standard InChI is InChI=1S/C37H58N8O6/c1-36(2,3)51-35(50)39-29-13-8-6-4-5-7-12-27-20-37(27,34(48)49)40-32(46)30-19-28(22-44(30)33(29)47)45-42-31(41-43-45)26-11-9-10-25(18-26)24-16-14-23(21-38)15-17-24/h7,12,23-31,41-43H,4-6,8-11,13-20,22H2,1-3H3,(H,39,50)(H,40,46)(H,48,49)/b12-7-/t23?,24?,25?,26?,27-,28-,29+,30+,31?,37-/m1/s1. The van der Waals surface area contributed by atoms with Crippen molar-refractivity contribution in [2.45, 2.75) is 153 Å². The number of hydrogen-bond acceptors (Lipinski definition) is 10. The van der Waals surface area contributed by atoms with Gasteiger partial charge in [-0.2, -0.15) is 15.9 Å². The Bertz CT molecular complexity index is 1370. The van der Waals surface area contributed by atoms with Gasteiger partial charge >= 0.3 is 12.1 Å². The molecule has 3 heterocycles. The van der Waals surface area contributed by atoms with Gasteiger partial charge in [0.25, 0.3) is 0 Å². The lowest BCUT2D eigenvalue weighted by Gasteiger charge is -2.39. The fraction of sp³-hybridized carbons (Fsp3) is 0.811. The lowest BCUT2D eigenvalue weighted by atomic mass is 9.68.